The number of fused-ring (bicyclic) bond motifs is 1. The molecular weight excluding hydrogens is 302 g/mol. The van der Waals surface area contributed by atoms with E-state index in [1.165, 1.54) is 11.1 Å². The van der Waals surface area contributed by atoms with Gasteiger partial charge < -0.3 is 10.2 Å². The fraction of sp³-hybridized carbons (Fsp3) is 0.579. The van der Waals surface area contributed by atoms with E-state index in [4.69, 9.17) is 0 Å². The smallest absolute Gasteiger partial charge is 0.236 e. The van der Waals surface area contributed by atoms with Gasteiger partial charge in [-0.25, -0.2) is 0 Å². The van der Waals surface area contributed by atoms with Gasteiger partial charge in [0, 0.05) is 27.1 Å². The van der Waals surface area contributed by atoms with Crippen LogP contribution in [0, 0.1) is 0 Å². The van der Waals surface area contributed by atoms with Crippen molar-refractivity contribution in [3.63, 3.8) is 0 Å². The Labute approximate surface area is 144 Å². The summed E-state index contributed by atoms with van der Waals surface area (Å²) in [7, 11) is 1.68. The first kappa shape index (κ1) is 17.0. The number of amides is 2. The van der Waals surface area contributed by atoms with Gasteiger partial charge in [0.1, 0.15) is 0 Å². The Morgan fingerprint density at radius 1 is 1.25 bits per heavy atom. The van der Waals surface area contributed by atoms with E-state index in [1.54, 1.807) is 14.0 Å². The molecule has 2 aliphatic heterocycles. The van der Waals surface area contributed by atoms with Gasteiger partial charge in [0.05, 0.1) is 11.6 Å². The largest absolute Gasteiger partial charge is 0.358 e. The average molecular weight is 329 g/mol. The fourth-order valence-corrected chi connectivity index (χ4v) is 4.33. The van der Waals surface area contributed by atoms with Crippen molar-refractivity contribution >= 4 is 11.8 Å². The molecule has 1 spiro atoms. The fourth-order valence-electron chi connectivity index (χ4n) is 4.33. The number of nitrogens with one attached hydrogen (secondary N) is 1. The Morgan fingerprint density at radius 2 is 1.96 bits per heavy atom. The third-order valence-corrected chi connectivity index (χ3v) is 5.68. The second-order valence-corrected chi connectivity index (χ2v) is 7.14. The third-order valence-electron chi connectivity index (χ3n) is 5.68. The minimum atomic E-state index is -0.194. The van der Waals surface area contributed by atoms with Crippen LogP contribution in [-0.4, -0.2) is 53.3 Å². The van der Waals surface area contributed by atoms with Crippen LogP contribution in [0.5, 0.6) is 0 Å². The van der Waals surface area contributed by atoms with Crippen molar-refractivity contribution in [1.29, 1.82) is 0 Å². The van der Waals surface area contributed by atoms with E-state index < -0.39 is 0 Å². The second-order valence-electron chi connectivity index (χ2n) is 7.14. The van der Waals surface area contributed by atoms with E-state index in [9.17, 15) is 9.59 Å². The number of nitrogens with zero attached hydrogens (tertiary/aromatic N) is 2. The topological polar surface area (TPSA) is 52.7 Å². The number of carbonyl (C=O) groups is 2. The molecule has 2 heterocycles. The van der Waals surface area contributed by atoms with Crippen LogP contribution in [0.25, 0.3) is 0 Å². The maximum atomic E-state index is 12.4. The Morgan fingerprint density at radius 3 is 2.62 bits per heavy atom. The lowest BCUT2D eigenvalue weighted by atomic mass is 9.77. The average Bonchev–Trinajstić information content (AvgIpc) is 2.59. The van der Waals surface area contributed by atoms with E-state index >= 15 is 0 Å². The SMILES string of the molecule is CNC(=O)[C@@H](C)N1CCC[C@@]2(Cc3ccccc3CN2C(C)=O)C1. The van der Waals surface area contributed by atoms with Crippen LogP contribution in [0.15, 0.2) is 24.3 Å². The summed E-state index contributed by atoms with van der Waals surface area (Å²) in [4.78, 5) is 28.7. The number of rotatable bonds is 2. The number of piperidine rings is 1. The zero-order valence-corrected chi connectivity index (χ0v) is 14.8. The molecule has 1 saturated heterocycles. The maximum absolute atomic E-state index is 12.4. The summed E-state index contributed by atoms with van der Waals surface area (Å²) in [5.41, 5.74) is 2.39. The van der Waals surface area contributed by atoms with E-state index in [0.29, 0.717) is 6.54 Å². The van der Waals surface area contributed by atoms with Crippen LogP contribution in [0.2, 0.25) is 0 Å². The normalized spacial score (nSPS) is 25.2. The van der Waals surface area contributed by atoms with Gasteiger partial charge in [-0.1, -0.05) is 24.3 Å². The molecular formula is C19H27N3O2. The predicted molar refractivity (Wildman–Crippen MR) is 93.4 cm³/mol. The molecule has 2 aliphatic rings. The van der Waals surface area contributed by atoms with Gasteiger partial charge >= 0.3 is 0 Å². The molecule has 0 saturated carbocycles. The highest BCUT2D eigenvalue weighted by Crippen LogP contribution is 2.38. The molecule has 24 heavy (non-hydrogen) atoms. The van der Waals surface area contributed by atoms with Crippen LogP contribution < -0.4 is 5.32 Å². The van der Waals surface area contributed by atoms with Crippen LogP contribution >= 0.6 is 0 Å². The van der Waals surface area contributed by atoms with Crippen LogP contribution in [0.1, 0.15) is 37.8 Å². The zero-order valence-electron chi connectivity index (χ0n) is 14.8. The molecule has 0 bridgehead atoms. The number of hydrogen-bond acceptors (Lipinski definition) is 3. The summed E-state index contributed by atoms with van der Waals surface area (Å²) in [6.45, 7) is 5.95. The van der Waals surface area contributed by atoms with Gasteiger partial charge in [0.15, 0.2) is 0 Å². The third kappa shape index (κ3) is 2.93. The van der Waals surface area contributed by atoms with E-state index in [1.807, 2.05) is 17.9 Å². The Bertz CT molecular complexity index is 645. The van der Waals surface area contributed by atoms with Crippen LogP contribution in [0.4, 0.5) is 0 Å². The monoisotopic (exact) mass is 329 g/mol. The van der Waals surface area contributed by atoms with Crippen molar-refractivity contribution in [1.82, 2.24) is 15.1 Å². The molecule has 5 heteroatoms. The Balaban J connectivity index is 1.91. The van der Waals surface area contributed by atoms with Crippen molar-refractivity contribution in [2.75, 3.05) is 20.1 Å². The van der Waals surface area contributed by atoms with Gasteiger partial charge in [-0.3, -0.25) is 14.5 Å². The minimum absolute atomic E-state index is 0.0395. The first-order valence-electron chi connectivity index (χ1n) is 8.77. The molecule has 0 aromatic heterocycles. The molecule has 1 aromatic rings. The molecule has 130 valence electrons. The molecule has 2 atom stereocenters. The predicted octanol–water partition coefficient (Wildman–Crippen LogP) is 1.56. The van der Waals surface area contributed by atoms with Crippen LogP contribution in [-0.2, 0) is 22.6 Å². The first-order valence-corrected chi connectivity index (χ1v) is 8.77. The summed E-state index contributed by atoms with van der Waals surface area (Å²) >= 11 is 0. The van der Waals surface area contributed by atoms with Crippen molar-refractivity contribution < 1.29 is 9.59 Å². The highest BCUT2D eigenvalue weighted by molar-refractivity contribution is 5.81. The highest BCUT2D eigenvalue weighted by atomic mass is 16.2. The standard InChI is InChI=1S/C19H27N3O2/c1-14(18(24)20-3)21-10-6-9-19(13-21)11-16-7-4-5-8-17(16)12-22(19)15(2)23/h4-5,7-8,14H,6,9-13H2,1-3H3,(H,20,24)/t14-,19-/m1/s1. The van der Waals surface area contributed by atoms with Crippen molar-refractivity contribution in [2.24, 2.45) is 0 Å². The van der Waals surface area contributed by atoms with Gasteiger partial charge in [0.25, 0.3) is 0 Å². The summed E-state index contributed by atoms with van der Waals surface area (Å²) in [5.74, 6) is 0.164. The van der Waals surface area contributed by atoms with Crippen molar-refractivity contribution in [3.05, 3.63) is 35.4 Å². The highest BCUT2D eigenvalue weighted by Gasteiger charge is 2.46. The van der Waals surface area contributed by atoms with Gasteiger partial charge in [-0.2, -0.15) is 0 Å². The first-order chi connectivity index (χ1) is 11.5. The van der Waals surface area contributed by atoms with Crippen LogP contribution in [0.3, 0.4) is 0 Å². The van der Waals surface area contributed by atoms with Gasteiger partial charge in [0.2, 0.25) is 11.8 Å². The summed E-state index contributed by atoms with van der Waals surface area (Å²) < 4.78 is 0. The number of benzene rings is 1. The quantitative estimate of drug-likeness (QED) is 0.896. The molecule has 3 rings (SSSR count). The zero-order chi connectivity index (χ0) is 17.3. The van der Waals surface area contributed by atoms with Gasteiger partial charge in [-0.15, -0.1) is 0 Å². The number of likely N-dealkylation sites (N-methyl/N-ethyl adjacent to an activating group) is 1. The lowest BCUT2D eigenvalue weighted by molar-refractivity contribution is -0.141. The van der Waals surface area contributed by atoms with Gasteiger partial charge in [-0.05, 0) is 43.9 Å². The maximum Gasteiger partial charge on any atom is 0.236 e. The van der Waals surface area contributed by atoms with Crippen molar-refractivity contribution in [2.45, 2.75) is 51.2 Å². The minimum Gasteiger partial charge on any atom is -0.358 e. The molecule has 0 aliphatic carbocycles. The lowest BCUT2D eigenvalue weighted by Crippen LogP contribution is -2.64. The molecule has 0 radical (unpaired) electrons. The van der Waals surface area contributed by atoms with E-state index in [-0.39, 0.29) is 23.4 Å². The number of carbonyl (C=O) groups excluding carboxylic acids is 2. The number of hydrogen-bond donors (Lipinski definition) is 1. The summed E-state index contributed by atoms with van der Waals surface area (Å²) in [6, 6.07) is 8.24. The molecule has 2 amide bonds. The summed E-state index contributed by atoms with van der Waals surface area (Å²) in [6.07, 6.45) is 2.88. The van der Waals surface area contributed by atoms with Crippen molar-refractivity contribution in [3.8, 4) is 0 Å². The van der Waals surface area contributed by atoms with E-state index in [0.717, 1.165) is 32.4 Å². The summed E-state index contributed by atoms with van der Waals surface area (Å²) in [5, 5.41) is 2.74. The number of likely N-dealkylation sites (tertiary alicyclic amines) is 1. The molecule has 1 fully saturated rings. The molecule has 1 N–H and O–H groups in total. The van der Waals surface area contributed by atoms with E-state index in [2.05, 4.69) is 28.4 Å². The molecule has 0 unspecified atom stereocenters. The Hall–Kier alpha value is -1.88. The Kier molecular flexibility index (Phi) is 4.63. The molecule has 1 aromatic carbocycles. The second kappa shape index (κ2) is 6.55. The molecule has 5 nitrogen and oxygen atoms in total. The lowest BCUT2D eigenvalue weighted by Gasteiger charge is -2.53.